The number of hydrogen-bond donors (Lipinski definition) is 1. The number of carbonyl (C=O) groups is 1. The maximum absolute atomic E-state index is 13.2. The fourth-order valence-corrected chi connectivity index (χ4v) is 3.28. The number of nitrogens with zero attached hydrogens (tertiary/aromatic N) is 1. The van der Waals surface area contributed by atoms with Gasteiger partial charge in [-0.05, 0) is 49.3 Å². The van der Waals surface area contributed by atoms with Crippen molar-refractivity contribution in [3.05, 3.63) is 35.4 Å². The summed E-state index contributed by atoms with van der Waals surface area (Å²) in [6, 6.07) is 3.90. The van der Waals surface area contributed by atoms with Gasteiger partial charge in [0.15, 0.2) is 11.6 Å². The minimum Gasteiger partial charge on any atom is -0.341 e. The Morgan fingerprint density at radius 1 is 1.33 bits per heavy atom. The Bertz CT molecular complexity index is 695. The molecule has 24 heavy (non-hydrogen) atoms. The molecule has 0 aliphatic carbocycles. The maximum atomic E-state index is 13.2. The molecule has 1 aromatic carbocycles. The van der Waals surface area contributed by atoms with Crippen molar-refractivity contribution in [1.82, 2.24) is 9.62 Å². The number of rotatable bonds is 6. The summed E-state index contributed by atoms with van der Waals surface area (Å²) in [5.74, 6) is -1.67. The van der Waals surface area contributed by atoms with Gasteiger partial charge < -0.3 is 4.90 Å². The smallest absolute Gasteiger partial charge is 0.237 e. The van der Waals surface area contributed by atoms with Crippen LogP contribution in [0.25, 0.3) is 0 Å². The van der Waals surface area contributed by atoms with Gasteiger partial charge in [-0.2, -0.15) is 0 Å². The lowest BCUT2D eigenvalue weighted by Gasteiger charge is -2.33. The van der Waals surface area contributed by atoms with Crippen molar-refractivity contribution in [2.24, 2.45) is 5.92 Å². The second-order valence-corrected chi connectivity index (χ2v) is 8.06. The molecule has 134 valence electrons. The standard InChI is InChI=1S/C16H22F2N2O3S/c1-24(22,23)19-10-16(21)20-8-2-3-13(11-20)5-4-12-6-7-14(17)15(18)9-12/h6-7,9,13,19H,2-5,8,10-11H2,1H3/t13-/m1/s1. The van der Waals surface area contributed by atoms with Crippen molar-refractivity contribution in [3.8, 4) is 0 Å². The first kappa shape index (κ1) is 18.8. The maximum Gasteiger partial charge on any atom is 0.237 e. The molecule has 1 amide bonds. The van der Waals surface area contributed by atoms with Crippen molar-refractivity contribution in [3.63, 3.8) is 0 Å². The van der Waals surface area contributed by atoms with Gasteiger partial charge in [0, 0.05) is 13.1 Å². The van der Waals surface area contributed by atoms with E-state index in [1.165, 1.54) is 6.07 Å². The number of halogens is 2. The molecule has 1 saturated heterocycles. The van der Waals surface area contributed by atoms with Gasteiger partial charge in [-0.3, -0.25) is 4.79 Å². The molecule has 0 unspecified atom stereocenters. The molecule has 1 aliphatic heterocycles. The van der Waals surface area contributed by atoms with E-state index in [0.717, 1.165) is 37.1 Å². The lowest BCUT2D eigenvalue weighted by Crippen LogP contribution is -2.44. The number of amides is 1. The molecule has 0 bridgehead atoms. The van der Waals surface area contributed by atoms with E-state index in [1.807, 2.05) is 0 Å². The highest BCUT2D eigenvalue weighted by Gasteiger charge is 2.23. The normalized spacial score (nSPS) is 18.6. The van der Waals surface area contributed by atoms with E-state index in [9.17, 15) is 22.0 Å². The van der Waals surface area contributed by atoms with E-state index in [0.29, 0.717) is 19.5 Å². The lowest BCUT2D eigenvalue weighted by molar-refractivity contribution is -0.131. The first-order valence-electron chi connectivity index (χ1n) is 7.91. The quantitative estimate of drug-likeness (QED) is 0.839. The van der Waals surface area contributed by atoms with Crippen LogP contribution < -0.4 is 4.72 Å². The summed E-state index contributed by atoms with van der Waals surface area (Å²) >= 11 is 0. The van der Waals surface area contributed by atoms with Crippen molar-refractivity contribution < 1.29 is 22.0 Å². The average Bonchev–Trinajstić information content (AvgIpc) is 2.53. The fraction of sp³-hybridized carbons (Fsp3) is 0.562. The number of piperidine rings is 1. The zero-order chi connectivity index (χ0) is 17.7. The molecular formula is C16H22F2N2O3S. The van der Waals surface area contributed by atoms with Crippen LogP contribution >= 0.6 is 0 Å². The fourth-order valence-electron chi connectivity index (χ4n) is 2.90. The summed E-state index contributed by atoms with van der Waals surface area (Å²) < 4.78 is 50.4. The monoisotopic (exact) mass is 360 g/mol. The molecule has 1 atom stereocenters. The lowest BCUT2D eigenvalue weighted by atomic mass is 9.91. The molecule has 0 radical (unpaired) electrons. The summed E-state index contributed by atoms with van der Waals surface area (Å²) in [5.41, 5.74) is 0.732. The van der Waals surface area contributed by atoms with Crippen LogP contribution in [0.15, 0.2) is 18.2 Å². The van der Waals surface area contributed by atoms with Crippen LogP contribution in [0.1, 0.15) is 24.8 Å². The Hall–Kier alpha value is -1.54. The van der Waals surface area contributed by atoms with E-state index in [4.69, 9.17) is 0 Å². The van der Waals surface area contributed by atoms with E-state index < -0.39 is 21.7 Å². The predicted octanol–water partition coefficient (Wildman–Crippen LogP) is 1.69. The molecule has 2 rings (SSSR count). The summed E-state index contributed by atoms with van der Waals surface area (Å²) in [6.45, 7) is 0.953. The van der Waals surface area contributed by atoms with Crippen LogP contribution in [0, 0.1) is 17.6 Å². The largest absolute Gasteiger partial charge is 0.341 e. The van der Waals surface area contributed by atoms with Crippen molar-refractivity contribution in [1.29, 1.82) is 0 Å². The molecule has 8 heteroatoms. The first-order chi connectivity index (χ1) is 11.2. The molecule has 0 saturated carbocycles. The second-order valence-electron chi connectivity index (χ2n) is 6.23. The van der Waals surface area contributed by atoms with Crippen LogP contribution in [0.4, 0.5) is 8.78 Å². The van der Waals surface area contributed by atoms with Gasteiger partial charge in [0.05, 0.1) is 12.8 Å². The molecule has 1 fully saturated rings. The van der Waals surface area contributed by atoms with Crippen molar-refractivity contribution >= 4 is 15.9 Å². The van der Waals surface area contributed by atoms with Crippen LogP contribution in [0.3, 0.4) is 0 Å². The Kier molecular flexibility index (Phi) is 6.28. The number of likely N-dealkylation sites (tertiary alicyclic amines) is 1. The van der Waals surface area contributed by atoms with E-state index in [1.54, 1.807) is 11.0 Å². The topological polar surface area (TPSA) is 66.5 Å². The van der Waals surface area contributed by atoms with Gasteiger partial charge in [0.2, 0.25) is 15.9 Å². The second kappa shape index (κ2) is 8.02. The number of carbonyl (C=O) groups excluding carboxylic acids is 1. The molecular weight excluding hydrogens is 338 g/mol. The molecule has 1 aromatic rings. The Morgan fingerprint density at radius 2 is 2.08 bits per heavy atom. The van der Waals surface area contributed by atoms with Gasteiger partial charge in [0.25, 0.3) is 0 Å². The third kappa shape index (κ3) is 5.83. The van der Waals surface area contributed by atoms with Crippen molar-refractivity contribution in [2.75, 3.05) is 25.9 Å². The number of nitrogens with one attached hydrogen (secondary N) is 1. The SMILES string of the molecule is CS(=O)(=O)NCC(=O)N1CCC[C@H](CCc2ccc(F)c(F)c2)C1. The molecule has 5 nitrogen and oxygen atoms in total. The summed E-state index contributed by atoms with van der Waals surface area (Å²) in [4.78, 5) is 13.7. The van der Waals surface area contributed by atoms with Crippen LogP contribution in [0.5, 0.6) is 0 Å². The first-order valence-corrected chi connectivity index (χ1v) is 9.80. The van der Waals surface area contributed by atoms with E-state index in [2.05, 4.69) is 4.72 Å². The average molecular weight is 360 g/mol. The third-order valence-electron chi connectivity index (χ3n) is 4.18. The van der Waals surface area contributed by atoms with Gasteiger partial charge in [-0.25, -0.2) is 21.9 Å². The zero-order valence-corrected chi connectivity index (χ0v) is 14.4. The zero-order valence-electron chi connectivity index (χ0n) is 13.6. The minimum absolute atomic E-state index is 0.227. The summed E-state index contributed by atoms with van der Waals surface area (Å²) in [6.07, 6.45) is 4.22. The molecule has 0 spiro atoms. The number of benzene rings is 1. The predicted molar refractivity (Wildman–Crippen MR) is 86.8 cm³/mol. The van der Waals surface area contributed by atoms with Gasteiger partial charge in [-0.1, -0.05) is 6.07 Å². The number of hydrogen-bond acceptors (Lipinski definition) is 3. The third-order valence-corrected chi connectivity index (χ3v) is 4.85. The highest BCUT2D eigenvalue weighted by atomic mass is 32.2. The van der Waals surface area contributed by atoms with Crippen LogP contribution in [0.2, 0.25) is 0 Å². The van der Waals surface area contributed by atoms with Gasteiger partial charge in [-0.15, -0.1) is 0 Å². The molecule has 1 N–H and O–H groups in total. The van der Waals surface area contributed by atoms with E-state index >= 15 is 0 Å². The Morgan fingerprint density at radius 3 is 2.75 bits per heavy atom. The number of sulfonamides is 1. The van der Waals surface area contributed by atoms with Crippen LogP contribution in [-0.4, -0.2) is 45.1 Å². The molecule has 1 heterocycles. The molecule has 0 aromatic heterocycles. The highest BCUT2D eigenvalue weighted by molar-refractivity contribution is 7.88. The summed E-state index contributed by atoms with van der Waals surface area (Å²) in [7, 11) is -3.39. The molecule has 1 aliphatic rings. The Balaban J connectivity index is 1.84. The van der Waals surface area contributed by atoms with Gasteiger partial charge in [0.1, 0.15) is 0 Å². The van der Waals surface area contributed by atoms with Gasteiger partial charge >= 0.3 is 0 Å². The number of aryl methyl sites for hydroxylation is 1. The summed E-state index contributed by atoms with van der Waals surface area (Å²) in [5, 5.41) is 0. The van der Waals surface area contributed by atoms with Crippen LogP contribution in [-0.2, 0) is 21.2 Å². The van der Waals surface area contributed by atoms with Crippen molar-refractivity contribution in [2.45, 2.75) is 25.7 Å². The Labute approximate surface area is 141 Å². The highest BCUT2D eigenvalue weighted by Crippen LogP contribution is 2.22. The minimum atomic E-state index is -3.39. The van der Waals surface area contributed by atoms with E-state index in [-0.39, 0.29) is 18.4 Å².